The zero-order valence-electron chi connectivity index (χ0n) is 11.8. The van der Waals surface area contributed by atoms with E-state index in [1.165, 1.54) is 0 Å². The van der Waals surface area contributed by atoms with Crippen LogP contribution in [0.4, 0.5) is 5.95 Å². The molecule has 0 aliphatic carbocycles. The average Bonchev–Trinajstić information content (AvgIpc) is 2.93. The SMILES string of the molecule is CCn1ccnc1N(C)CCc1ccccc1C(=O)O. The fraction of sp³-hybridized carbons (Fsp3) is 0.333. The van der Waals surface area contributed by atoms with Gasteiger partial charge in [-0.25, -0.2) is 9.78 Å². The largest absolute Gasteiger partial charge is 0.478 e. The van der Waals surface area contributed by atoms with Gasteiger partial charge in [-0.05, 0) is 25.0 Å². The minimum atomic E-state index is -0.877. The maximum Gasteiger partial charge on any atom is 0.335 e. The summed E-state index contributed by atoms with van der Waals surface area (Å²) in [5.41, 5.74) is 1.22. The molecule has 20 heavy (non-hydrogen) atoms. The van der Waals surface area contributed by atoms with Crippen molar-refractivity contribution in [1.82, 2.24) is 9.55 Å². The standard InChI is InChI=1S/C15H19N3O2/c1-3-18-11-9-16-15(18)17(2)10-8-12-6-4-5-7-13(12)14(19)20/h4-7,9,11H,3,8,10H2,1-2H3,(H,19,20). The van der Waals surface area contributed by atoms with E-state index in [-0.39, 0.29) is 0 Å². The quantitative estimate of drug-likeness (QED) is 0.877. The number of carboxylic acid groups (broad SMARTS) is 1. The Morgan fingerprint density at radius 2 is 2.15 bits per heavy atom. The highest BCUT2D eigenvalue weighted by Gasteiger charge is 2.11. The summed E-state index contributed by atoms with van der Waals surface area (Å²) in [6.45, 7) is 3.66. The molecule has 0 amide bonds. The summed E-state index contributed by atoms with van der Waals surface area (Å²) >= 11 is 0. The van der Waals surface area contributed by atoms with Crippen LogP contribution in [0.2, 0.25) is 0 Å². The van der Waals surface area contributed by atoms with Crippen molar-refractivity contribution in [2.75, 3.05) is 18.5 Å². The van der Waals surface area contributed by atoms with Gasteiger partial charge in [0.25, 0.3) is 0 Å². The van der Waals surface area contributed by atoms with Crippen LogP contribution < -0.4 is 4.90 Å². The zero-order valence-corrected chi connectivity index (χ0v) is 11.8. The summed E-state index contributed by atoms with van der Waals surface area (Å²) in [6.07, 6.45) is 4.40. The third-order valence-electron chi connectivity index (χ3n) is 3.34. The molecule has 0 unspecified atom stereocenters. The molecule has 0 radical (unpaired) electrons. The molecule has 1 aromatic heterocycles. The molecule has 1 N–H and O–H groups in total. The Morgan fingerprint density at radius 1 is 1.40 bits per heavy atom. The van der Waals surface area contributed by atoms with Gasteiger partial charge in [-0.15, -0.1) is 0 Å². The molecule has 5 heteroatoms. The Bertz CT molecular complexity index is 592. The summed E-state index contributed by atoms with van der Waals surface area (Å²) in [5, 5.41) is 9.17. The number of hydrogen-bond donors (Lipinski definition) is 1. The van der Waals surface area contributed by atoms with Crippen LogP contribution in [0.3, 0.4) is 0 Å². The van der Waals surface area contributed by atoms with E-state index < -0.39 is 5.97 Å². The number of anilines is 1. The van der Waals surface area contributed by atoms with Crippen LogP contribution in [-0.4, -0.2) is 34.2 Å². The number of aromatic nitrogens is 2. The molecule has 0 bridgehead atoms. The third kappa shape index (κ3) is 2.99. The predicted octanol–water partition coefficient (Wildman–Crippen LogP) is 2.28. The van der Waals surface area contributed by atoms with Gasteiger partial charge in [0.05, 0.1) is 5.56 Å². The summed E-state index contributed by atoms with van der Waals surface area (Å²) < 4.78 is 2.06. The maximum atomic E-state index is 11.2. The number of carbonyl (C=O) groups is 1. The van der Waals surface area contributed by atoms with E-state index in [4.69, 9.17) is 5.11 Å². The molecule has 2 rings (SSSR count). The minimum absolute atomic E-state index is 0.375. The first-order valence-electron chi connectivity index (χ1n) is 6.67. The maximum absolute atomic E-state index is 11.2. The molecule has 0 spiro atoms. The molecular weight excluding hydrogens is 254 g/mol. The first-order valence-corrected chi connectivity index (χ1v) is 6.67. The molecule has 0 aliphatic heterocycles. The molecule has 106 valence electrons. The van der Waals surface area contributed by atoms with Crippen molar-refractivity contribution < 1.29 is 9.90 Å². The second kappa shape index (κ2) is 6.23. The molecule has 2 aromatic rings. The van der Waals surface area contributed by atoms with Crippen molar-refractivity contribution >= 4 is 11.9 Å². The molecule has 0 atom stereocenters. The second-order valence-electron chi connectivity index (χ2n) is 4.65. The Balaban J connectivity index is 2.07. The first-order chi connectivity index (χ1) is 9.63. The Kier molecular flexibility index (Phi) is 4.40. The predicted molar refractivity (Wildman–Crippen MR) is 78.3 cm³/mol. The summed E-state index contributed by atoms with van der Waals surface area (Å²) in [4.78, 5) is 17.5. The van der Waals surface area contributed by atoms with Gasteiger partial charge in [0, 0.05) is 32.5 Å². The van der Waals surface area contributed by atoms with Gasteiger partial charge in [0.2, 0.25) is 5.95 Å². The fourth-order valence-corrected chi connectivity index (χ4v) is 2.22. The molecule has 0 aliphatic rings. The van der Waals surface area contributed by atoms with Gasteiger partial charge in [0.15, 0.2) is 0 Å². The highest BCUT2D eigenvalue weighted by atomic mass is 16.4. The fourth-order valence-electron chi connectivity index (χ4n) is 2.22. The van der Waals surface area contributed by atoms with Crippen molar-refractivity contribution in [2.45, 2.75) is 19.9 Å². The lowest BCUT2D eigenvalue weighted by Crippen LogP contribution is -2.24. The van der Waals surface area contributed by atoms with Crippen molar-refractivity contribution in [3.63, 3.8) is 0 Å². The van der Waals surface area contributed by atoms with Crippen LogP contribution in [-0.2, 0) is 13.0 Å². The lowest BCUT2D eigenvalue weighted by atomic mass is 10.0. The summed E-state index contributed by atoms with van der Waals surface area (Å²) in [5.74, 6) is 0.0265. The lowest BCUT2D eigenvalue weighted by Gasteiger charge is -2.19. The van der Waals surface area contributed by atoms with Gasteiger partial charge < -0.3 is 14.6 Å². The highest BCUT2D eigenvalue weighted by molar-refractivity contribution is 5.89. The molecule has 0 saturated heterocycles. The smallest absolute Gasteiger partial charge is 0.335 e. The second-order valence-corrected chi connectivity index (χ2v) is 4.65. The molecule has 1 heterocycles. The normalized spacial score (nSPS) is 10.5. The molecule has 0 fully saturated rings. The van der Waals surface area contributed by atoms with E-state index in [0.29, 0.717) is 12.0 Å². The number of rotatable bonds is 6. The molecular formula is C15H19N3O2. The third-order valence-corrected chi connectivity index (χ3v) is 3.34. The van der Waals surface area contributed by atoms with Gasteiger partial charge >= 0.3 is 5.97 Å². The topological polar surface area (TPSA) is 58.4 Å². The van der Waals surface area contributed by atoms with Gasteiger partial charge in [-0.2, -0.15) is 0 Å². The van der Waals surface area contributed by atoms with Crippen LogP contribution in [0.1, 0.15) is 22.8 Å². The number of aromatic carboxylic acids is 1. The summed E-state index contributed by atoms with van der Waals surface area (Å²) in [6, 6.07) is 7.13. The van der Waals surface area contributed by atoms with Crippen molar-refractivity contribution in [3.05, 3.63) is 47.8 Å². The van der Waals surface area contributed by atoms with Crippen LogP contribution in [0, 0.1) is 0 Å². The zero-order chi connectivity index (χ0) is 14.5. The Morgan fingerprint density at radius 3 is 2.85 bits per heavy atom. The van der Waals surface area contributed by atoms with E-state index in [9.17, 15) is 4.79 Å². The van der Waals surface area contributed by atoms with Crippen LogP contribution >= 0.6 is 0 Å². The van der Waals surface area contributed by atoms with Crippen LogP contribution in [0.25, 0.3) is 0 Å². The van der Waals surface area contributed by atoms with Gasteiger partial charge in [0.1, 0.15) is 0 Å². The number of benzene rings is 1. The van der Waals surface area contributed by atoms with Crippen LogP contribution in [0.15, 0.2) is 36.7 Å². The highest BCUT2D eigenvalue weighted by Crippen LogP contribution is 2.13. The van der Waals surface area contributed by atoms with E-state index in [1.807, 2.05) is 30.3 Å². The first kappa shape index (κ1) is 14.1. The Hall–Kier alpha value is -2.30. The van der Waals surface area contributed by atoms with Gasteiger partial charge in [-0.1, -0.05) is 18.2 Å². The lowest BCUT2D eigenvalue weighted by molar-refractivity contribution is 0.0695. The molecule has 5 nitrogen and oxygen atoms in total. The van der Waals surface area contributed by atoms with E-state index in [0.717, 1.165) is 24.6 Å². The summed E-state index contributed by atoms with van der Waals surface area (Å²) in [7, 11) is 1.97. The monoisotopic (exact) mass is 273 g/mol. The number of imidazole rings is 1. The number of aryl methyl sites for hydroxylation is 1. The average molecular weight is 273 g/mol. The number of hydrogen-bond acceptors (Lipinski definition) is 3. The van der Waals surface area contributed by atoms with Crippen molar-refractivity contribution in [3.8, 4) is 0 Å². The molecule has 0 saturated carbocycles. The Labute approximate surface area is 118 Å². The number of likely N-dealkylation sites (N-methyl/N-ethyl adjacent to an activating group) is 1. The van der Waals surface area contributed by atoms with Crippen LogP contribution in [0.5, 0.6) is 0 Å². The number of carboxylic acids is 1. The minimum Gasteiger partial charge on any atom is -0.478 e. The van der Waals surface area contributed by atoms with Gasteiger partial charge in [-0.3, -0.25) is 0 Å². The van der Waals surface area contributed by atoms with E-state index >= 15 is 0 Å². The molecule has 1 aromatic carbocycles. The number of nitrogens with zero attached hydrogens (tertiary/aromatic N) is 3. The van der Waals surface area contributed by atoms with E-state index in [1.54, 1.807) is 18.3 Å². The van der Waals surface area contributed by atoms with Crippen molar-refractivity contribution in [2.24, 2.45) is 0 Å². The van der Waals surface area contributed by atoms with E-state index in [2.05, 4.69) is 16.5 Å². The van der Waals surface area contributed by atoms with Crippen molar-refractivity contribution in [1.29, 1.82) is 0 Å².